The maximum Gasteiger partial charge on any atom is 0.164 e. The van der Waals surface area contributed by atoms with E-state index in [1.54, 1.807) is 0 Å². The number of aromatic nitrogens is 1. The number of carbonyl (C=O) groups is 1. The van der Waals surface area contributed by atoms with Gasteiger partial charge < -0.3 is 4.57 Å². The van der Waals surface area contributed by atoms with Gasteiger partial charge in [0.2, 0.25) is 0 Å². The molecule has 1 aliphatic rings. The third-order valence-corrected chi connectivity index (χ3v) is 4.23. The van der Waals surface area contributed by atoms with Gasteiger partial charge in [0.25, 0.3) is 0 Å². The average Bonchev–Trinajstić information content (AvgIpc) is 2.71. The van der Waals surface area contributed by atoms with E-state index in [4.69, 9.17) is 11.6 Å². The van der Waals surface area contributed by atoms with Crippen LogP contribution in [-0.2, 0) is 6.42 Å². The van der Waals surface area contributed by atoms with Crippen LogP contribution < -0.4 is 0 Å². The number of fused-ring (bicyclic) bond motifs is 1. The highest BCUT2D eigenvalue weighted by Gasteiger charge is 2.23. The number of ketones is 1. The molecule has 0 fully saturated rings. The molecule has 0 radical (unpaired) electrons. The Morgan fingerprint density at radius 2 is 1.95 bits per heavy atom. The molecule has 0 N–H and O–H groups in total. The smallest absolute Gasteiger partial charge is 0.164 e. The minimum Gasteiger partial charge on any atom is -0.317 e. The Kier molecular flexibility index (Phi) is 2.98. The predicted molar refractivity (Wildman–Crippen MR) is 77.5 cm³/mol. The first-order valence-electron chi connectivity index (χ1n) is 6.59. The summed E-state index contributed by atoms with van der Waals surface area (Å²) >= 11 is 6.21. The lowest BCUT2D eigenvalue weighted by molar-refractivity contribution is 0.0972. The Morgan fingerprint density at radius 3 is 2.68 bits per heavy atom. The summed E-state index contributed by atoms with van der Waals surface area (Å²) in [4.78, 5) is 12.0. The molecule has 1 aromatic carbocycles. The van der Waals surface area contributed by atoms with Crippen molar-refractivity contribution in [1.82, 2.24) is 4.57 Å². The van der Waals surface area contributed by atoms with Crippen LogP contribution in [0.3, 0.4) is 0 Å². The fourth-order valence-electron chi connectivity index (χ4n) is 2.81. The molecule has 0 spiro atoms. The van der Waals surface area contributed by atoms with Crippen LogP contribution in [0, 0.1) is 13.8 Å². The highest BCUT2D eigenvalue weighted by atomic mass is 35.5. The van der Waals surface area contributed by atoms with Crippen LogP contribution >= 0.6 is 11.6 Å². The van der Waals surface area contributed by atoms with E-state index >= 15 is 0 Å². The lowest BCUT2D eigenvalue weighted by atomic mass is 9.96. The SMILES string of the molecule is Cc1ccc(-n2c(C)cc3c2CCCC3=O)cc1Cl. The highest BCUT2D eigenvalue weighted by molar-refractivity contribution is 6.31. The van der Waals surface area contributed by atoms with E-state index in [2.05, 4.69) is 10.6 Å². The molecule has 0 amide bonds. The molecule has 1 aromatic heterocycles. The Hall–Kier alpha value is -1.54. The molecular formula is C16H16ClNO. The first-order chi connectivity index (χ1) is 9.08. The van der Waals surface area contributed by atoms with E-state index in [0.29, 0.717) is 6.42 Å². The molecular weight excluding hydrogens is 258 g/mol. The zero-order valence-electron chi connectivity index (χ0n) is 11.2. The van der Waals surface area contributed by atoms with Gasteiger partial charge in [0.1, 0.15) is 0 Å². The van der Waals surface area contributed by atoms with Crippen LogP contribution in [0.15, 0.2) is 24.3 Å². The van der Waals surface area contributed by atoms with Gasteiger partial charge in [-0.15, -0.1) is 0 Å². The minimum atomic E-state index is 0.265. The molecule has 98 valence electrons. The fraction of sp³-hybridized carbons (Fsp3) is 0.312. The lowest BCUT2D eigenvalue weighted by Gasteiger charge is -2.16. The first kappa shape index (κ1) is 12.5. The summed E-state index contributed by atoms with van der Waals surface area (Å²) in [5, 5.41) is 0.765. The number of carbonyl (C=O) groups excluding carboxylic acids is 1. The molecule has 19 heavy (non-hydrogen) atoms. The standard InChI is InChI=1S/C16H16ClNO/c1-10-6-7-12(9-14(10)17)18-11(2)8-13-15(18)4-3-5-16(13)19/h6-9H,3-5H2,1-2H3. The van der Waals surface area contributed by atoms with Gasteiger partial charge >= 0.3 is 0 Å². The topological polar surface area (TPSA) is 22.0 Å². The third-order valence-electron chi connectivity index (χ3n) is 3.82. The summed E-state index contributed by atoms with van der Waals surface area (Å²) in [5.74, 6) is 0.265. The quantitative estimate of drug-likeness (QED) is 0.761. The number of benzene rings is 1. The molecule has 0 unspecified atom stereocenters. The second-order valence-electron chi connectivity index (χ2n) is 5.19. The van der Waals surface area contributed by atoms with Gasteiger partial charge in [0.05, 0.1) is 0 Å². The molecule has 0 bridgehead atoms. The van der Waals surface area contributed by atoms with Crippen LogP contribution in [0.1, 0.15) is 40.2 Å². The second-order valence-corrected chi connectivity index (χ2v) is 5.60. The maximum atomic E-state index is 12.0. The molecule has 0 saturated heterocycles. The normalized spacial score (nSPS) is 14.6. The van der Waals surface area contributed by atoms with E-state index in [1.165, 1.54) is 0 Å². The Labute approximate surface area is 118 Å². The van der Waals surface area contributed by atoms with Crippen LogP contribution in [-0.4, -0.2) is 10.4 Å². The van der Waals surface area contributed by atoms with Gasteiger partial charge in [-0.1, -0.05) is 17.7 Å². The molecule has 2 aromatic rings. The van der Waals surface area contributed by atoms with E-state index < -0.39 is 0 Å². The van der Waals surface area contributed by atoms with Crippen molar-refractivity contribution in [2.24, 2.45) is 0 Å². The summed E-state index contributed by atoms with van der Waals surface area (Å²) in [7, 11) is 0. The van der Waals surface area contributed by atoms with Crippen molar-refractivity contribution in [3.63, 3.8) is 0 Å². The number of halogens is 1. The molecule has 0 atom stereocenters. The van der Waals surface area contributed by atoms with E-state index in [0.717, 1.165) is 46.1 Å². The van der Waals surface area contributed by atoms with Crippen LogP contribution in [0.5, 0.6) is 0 Å². The van der Waals surface area contributed by atoms with E-state index in [1.807, 2.05) is 32.0 Å². The molecule has 1 heterocycles. The number of aryl methyl sites for hydroxylation is 2. The predicted octanol–water partition coefficient (Wildman–Crippen LogP) is 4.27. The number of hydrogen-bond donors (Lipinski definition) is 0. The second kappa shape index (κ2) is 4.53. The fourth-order valence-corrected chi connectivity index (χ4v) is 2.98. The Morgan fingerprint density at radius 1 is 1.16 bits per heavy atom. The molecule has 2 nitrogen and oxygen atoms in total. The molecule has 3 rings (SSSR count). The van der Waals surface area contributed by atoms with Crippen molar-refractivity contribution in [1.29, 1.82) is 0 Å². The van der Waals surface area contributed by atoms with Gasteiger partial charge in [-0.2, -0.15) is 0 Å². The monoisotopic (exact) mass is 273 g/mol. The van der Waals surface area contributed by atoms with E-state index in [9.17, 15) is 4.79 Å². The number of rotatable bonds is 1. The van der Waals surface area contributed by atoms with Crippen molar-refractivity contribution < 1.29 is 4.79 Å². The third kappa shape index (κ3) is 2.00. The lowest BCUT2D eigenvalue weighted by Crippen LogP contribution is -2.12. The van der Waals surface area contributed by atoms with Gasteiger partial charge in [-0.25, -0.2) is 0 Å². The van der Waals surface area contributed by atoms with Gasteiger partial charge in [-0.3, -0.25) is 4.79 Å². The summed E-state index contributed by atoms with van der Waals surface area (Å²) in [6.45, 7) is 4.03. The van der Waals surface area contributed by atoms with Gasteiger partial charge in [-0.05, 0) is 50.5 Å². The van der Waals surface area contributed by atoms with Crippen LogP contribution in [0.2, 0.25) is 5.02 Å². The average molecular weight is 274 g/mol. The zero-order chi connectivity index (χ0) is 13.6. The number of Topliss-reactive ketones (excluding diaryl/α,β-unsaturated/α-hetero) is 1. The Bertz CT molecular complexity index is 670. The molecule has 0 saturated carbocycles. The molecule has 3 heteroatoms. The summed E-state index contributed by atoms with van der Waals surface area (Å²) in [6.07, 6.45) is 2.57. The first-order valence-corrected chi connectivity index (χ1v) is 6.96. The summed E-state index contributed by atoms with van der Waals surface area (Å²) in [5.41, 5.74) is 5.23. The molecule has 1 aliphatic carbocycles. The highest BCUT2D eigenvalue weighted by Crippen LogP contribution is 2.29. The van der Waals surface area contributed by atoms with Crippen LogP contribution in [0.25, 0.3) is 5.69 Å². The van der Waals surface area contributed by atoms with Crippen molar-refractivity contribution in [3.05, 3.63) is 51.8 Å². The maximum absolute atomic E-state index is 12.0. The van der Waals surface area contributed by atoms with Crippen molar-refractivity contribution in [2.75, 3.05) is 0 Å². The zero-order valence-corrected chi connectivity index (χ0v) is 11.9. The summed E-state index contributed by atoms with van der Waals surface area (Å²) in [6, 6.07) is 8.07. The summed E-state index contributed by atoms with van der Waals surface area (Å²) < 4.78 is 2.16. The largest absolute Gasteiger partial charge is 0.317 e. The van der Waals surface area contributed by atoms with Crippen LogP contribution in [0.4, 0.5) is 0 Å². The van der Waals surface area contributed by atoms with Crippen molar-refractivity contribution >= 4 is 17.4 Å². The number of hydrogen-bond acceptors (Lipinski definition) is 1. The molecule has 0 aliphatic heterocycles. The van der Waals surface area contributed by atoms with Crippen molar-refractivity contribution in [2.45, 2.75) is 33.1 Å². The minimum absolute atomic E-state index is 0.265. The van der Waals surface area contributed by atoms with Gasteiger partial charge in [0.15, 0.2) is 5.78 Å². The van der Waals surface area contributed by atoms with E-state index in [-0.39, 0.29) is 5.78 Å². The Balaban J connectivity index is 2.20. The van der Waals surface area contributed by atoms with Crippen molar-refractivity contribution in [3.8, 4) is 5.69 Å². The van der Waals surface area contributed by atoms with Gasteiger partial charge in [0, 0.05) is 34.1 Å². The number of nitrogens with zero attached hydrogens (tertiary/aromatic N) is 1.